The number of hydrogen-bond acceptors (Lipinski definition) is 5. The average molecular weight is 464 g/mol. The number of β-amino-alcohol motifs (C(OH)–C–C–N with tert-alkyl or cyclic N) is 1. The van der Waals surface area contributed by atoms with Crippen LogP contribution in [0.5, 0.6) is 0 Å². The first kappa shape index (κ1) is 22.8. The third kappa shape index (κ3) is 3.42. The van der Waals surface area contributed by atoms with Crippen LogP contribution in [0.4, 0.5) is 5.82 Å². The Balaban J connectivity index is 1.18. The number of aliphatic hydroxyl groups excluding tert-OH is 1. The van der Waals surface area contributed by atoms with E-state index in [0.29, 0.717) is 11.8 Å². The fourth-order valence-electron chi connectivity index (χ4n) is 8.40. The smallest absolute Gasteiger partial charge is 0.128 e. The molecule has 6 rings (SSSR count). The molecule has 1 aliphatic heterocycles. The Kier molecular flexibility index (Phi) is 5.47. The van der Waals surface area contributed by atoms with E-state index in [1.54, 1.807) is 5.57 Å². The van der Waals surface area contributed by atoms with Gasteiger partial charge in [0.25, 0.3) is 0 Å². The molecule has 2 N–H and O–H groups in total. The Labute approximate surface area is 204 Å². The van der Waals surface area contributed by atoms with Gasteiger partial charge in [-0.15, -0.1) is 0 Å². The summed E-state index contributed by atoms with van der Waals surface area (Å²) >= 11 is 0. The van der Waals surface area contributed by atoms with Gasteiger partial charge < -0.3 is 15.1 Å². The highest BCUT2D eigenvalue weighted by atomic mass is 16.3. The monoisotopic (exact) mass is 463 g/mol. The number of aromatic nitrogens is 1. The van der Waals surface area contributed by atoms with Gasteiger partial charge in [0.05, 0.1) is 11.7 Å². The maximum Gasteiger partial charge on any atom is 0.128 e. The molecular formula is C29H41N3O2. The van der Waals surface area contributed by atoms with Crippen LogP contribution in [0.25, 0.3) is 0 Å². The fourth-order valence-corrected chi connectivity index (χ4v) is 8.40. The minimum Gasteiger partial charge on any atom is -0.393 e. The topological polar surface area (TPSA) is 59.8 Å². The van der Waals surface area contributed by atoms with Crippen LogP contribution in [0.3, 0.4) is 0 Å². The van der Waals surface area contributed by atoms with Crippen molar-refractivity contribution in [2.45, 2.75) is 70.5 Å². The van der Waals surface area contributed by atoms with Crippen LogP contribution in [0.1, 0.15) is 58.8 Å². The molecule has 0 amide bonds. The zero-order chi connectivity index (χ0) is 23.6. The fraction of sp³-hybridized carbons (Fsp3) is 0.690. The van der Waals surface area contributed by atoms with Gasteiger partial charge in [-0.25, -0.2) is 4.98 Å². The third-order valence-electron chi connectivity index (χ3n) is 10.7. The Morgan fingerprint density at radius 3 is 2.53 bits per heavy atom. The van der Waals surface area contributed by atoms with Crippen LogP contribution >= 0.6 is 0 Å². The lowest BCUT2D eigenvalue weighted by Gasteiger charge is -2.56. The number of aliphatic hydroxyl groups is 2. The predicted octanol–water partition coefficient (Wildman–Crippen LogP) is 4.18. The van der Waals surface area contributed by atoms with Gasteiger partial charge in [-0.05, 0) is 74.3 Å². The summed E-state index contributed by atoms with van der Waals surface area (Å²) in [7, 11) is 0. The molecule has 0 bridgehead atoms. The maximum atomic E-state index is 12.2. The van der Waals surface area contributed by atoms with Crippen LogP contribution in [0, 0.1) is 22.7 Å². The van der Waals surface area contributed by atoms with Crippen molar-refractivity contribution in [2.24, 2.45) is 22.7 Å². The zero-order valence-electron chi connectivity index (χ0n) is 20.9. The first-order chi connectivity index (χ1) is 16.3. The molecule has 184 valence electrons. The van der Waals surface area contributed by atoms with Gasteiger partial charge in [0.2, 0.25) is 0 Å². The second-order valence-corrected chi connectivity index (χ2v) is 12.3. The van der Waals surface area contributed by atoms with Crippen molar-refractivity contribution in [3.05, 3.63) is 47.7 Å². The van der Waals surface area contributed by atoms with E-state index >= 15 is 0 Å². The highest BCUT2D eigenvalue weighted by molar-refractivity contribution is 5.40. The van der Waals surface area contributed by atoms with E-state index in [2.05, 4.69) is 52.9 Å². The summed E-state index contributed by atoms with van der Waals surface area (Å²) in [5.41, 5.74) is 2.59. The van der Waals surface area contributed by atoms with Crippen LogP contribution in [0.2, 0.25) is 0 Å². The van der Waals surface area contributed by atoms with Crippen LogP contribution in [0.15, 0.2) is 47.7 Å². The lowest BCUT2D eigenvalue weighted by Crippen LogP contribution is -2.58. The summed E-state index contributed by atoms with van der Waals surface area (Å²) in [6.45, 7) is 9.54. The van der Waals surface area contributed by atoms with Gasteiger partial charge in [0.15, 0.2) is 0 Å². The molecule has 4 fully saturated rings. The van der Waals surface area contributed by atoms with E-state index < -0.39 is 5.60 Å². The molecule has 5 aliphatic rings. The third-order valence-corrected chi connectivity index (χ3v) is 10.7. The molecule has 3 saturated carbocycles. The maximum absolute atomic E-state index is 12.2. The van der Waals surface area contributed by atoms with Gasteiger partial charge in [0, 0.05) is 44.3 Å². The number of allylic oxidation sites excluding steroid dienone is 3. The molecule has 1 saturated heterocycles. The van der Waals surface area contributed by atoms with Crippen molar-refractivity contribution in [1.29, 1.82) is 0 Å². The first-order valence-corrected chi connectivity index (χ1v) is 13.5. The molecule has 1 aromatic rings. The van der Waals surface area contributed by atoms with E-state index in [-0.39, 0.29) is 16.9 Å². The SMILES string of the molecule is CC12CCC(O)CC1=CC=C1C2CCC2(C)C1CCC2(O)CN1CCN(c2ccccn2)CC1. The Hall–Kier alpha value is -1.69. The average Bonchev–Trinajstić information content (AvgIpc) is 3.11. The van der Waals surface area contributed by atoms with Gasteiger partial charge in [-0.1, -0.05) is 43.2 Å². The molecule has 5 heteroatoms. The molecule has 5 nitrogen and oxygen atoms in total. The Morgan fingerprint density at radius 2 is 1.76 bits per heavy atom. The first-order valence-electron chi connectivity index (χ1n) is 13.5. The summed E-state index contributed by atoms with van der Waals surface area (Å²) in [5.74, 6) is 2.13. The summed E-state index contributed by atoms with van der Waals surface area (Å²) in [6.07, 6.45) is 13.6. The highest BCUT2D eigenvalue weighted by Gasteiger charge is 2.62. The predicted molar refractivity (Wildman–Crippen MR) is 136 cm³/mol. The lowest BCUT2D eigenvalue weighted by atomic mass is 9.50. The van der Waals surface area contributed by atoms with Gasteiger partial charge >= 0.3 is 0 Å². The minimum absolute atomic E-state index is 0.0522. The number of rotatable bonds is 3. The normalized spacial score (nSPS) is 42.4. The van der Waals surface area contributed by atoms with E-state index in [1.807, 2.05) is 12.3 Å². The van der Waals surface area contributed by atoms with E-state index in [4.69, 9.17) is 0 Å². The highest BCUT2D eigenvalue weighted by Crippen LogP contribution is 2.66. The van der Waals surface area contributed by atoms with Crippen LogP contribution < -0.4 is 4.90 Å². The second kappa shape index (κ2) is 8.18. The number of pyridine rings is 1. The van der Waals surface area contributed by atoms with Gasteiger partial charge in [0.1, 0.15) is 5.82 Å². The Bertz CT molecular complexity index is 984. The Morgan fingerprint density at radius 1 is 0.971 bits per heavy atom. The van der Waals surface area contributed by atoms with Gasteiger partial charge in [-0.2, -0.15) is 0 Å². The van der Waals surface area contributed by atoms with Crippen molar-refractivity contribution in [3.8, 4) is 0 Å². The largest absolute Gasteiger partial charge is 0.393 e. The summed E-state index contributed by atoms with van der Waals surface area (Å²) in [5, 5.41) is 22.4. The van der Waals surface area contributed by atoms with E-state index in [0.717, 1.165) is 77.1 Å². The quantitative estimate of drug-likeness (QED) is 0.704. The van der Waals surface area contributed by atoms with Gasteiger partial charge in [-0.3, -0.25) is 4.90 Å². The summed E-state index contributed by atoms with van der Waals surface area (Å²) in [6, 6.07) is 6.12. The molecular weight excluding hydrogens is 422 g/mol. The molecule has 0 spiro atoms. The van der Waals surface area contributed by atoms with E-state index in [9.17, 15) is 10.2 Å². The van der Waals surface area contributed by atoms with Crippen molar-refractivity contribution in [1.82, 2.24) is 9.88 Å². The summed E-state index contributed by atoms with van der Waals surface area (Å²) < 4.78 is 0. The molecule has 6 atom stereocenters. The minimum atomic E-state index is -0.621. The van der Waals surface area contributed by atoms with Crippen molar-refractivity contribution in [2.75, 3.05) is 37.6 Å². The molecule has 4 aliphatic carbocycles. The van der Waals surface area contributed by atoms with Crippen molar-refractivity contribution < 1.29 is 10.2 Å². The van der Waals surface area contributed by atoms with Crippen molar-refractivity contribution in [3.63, 3.8) is 0 Å². The molecule has 2 heterocycles. The number of nitrogens with zero attached hydrogens (tertiary/aromatic N) is 3. The lowest BCUT2D eigenvalue weighted by molar-refractivity contribution is -0.102. The molecule has 0 radical (unpaired) electrons. The van der Waals surface area contributed by atoms with Crippen LogP contribution in [-0.2, 0) is 0 Å². The molecule has 0 aromatic carbocycles. The number of piperazine rings is 1. The van der Waals surface area contributed by atoms with E-state index in [1.165, 1.54) is 12.0 Å². The standard InChI is InChI=1S/C29H41N3O2/c1-27-11-8-22(33)19-21(27)6-7-23-24(27)9-12-28(2)25(23)10-13-29(28,34)20-31-15-17-32(18-16-31)26-5-3-4-14-30-26/h3-7,14,22,24-25,33-34H,8-13,15-20H2,1-2H3. The second-order valence-electron chi connectivity index (χ2n) is 12.3. The number of fused-ring (bicyclic) bond motifs is 5. The van der Waals surface area contributed by atoms with Crippen LogP contribution in [-0.4, -0.2) is 64.5 Å². The summed E-state index contributed by atoms with van der Waals surface area (Å²) in [4.78, 5) is 9.38. The molecule has 6 unspecified atom stereocenters. The van der Waals surface area contributed by atoms with Crippen molar-refractivity contribution >= 4 is 5.82 Å². The molecule has 34 heavy (non-hydrogen) atoms. The zero-order valence-corrected chi connectivity index (χ0v) is 20.9. The number of anilines is 1. The number of hydrogen-bond donors (Lipinski definition) is 2. The molecule has 1 aromatic heterocycles.